The Kier molecular flexibility index (Phi) is 27.8. The van der Waals surface area contributed by atoms with Crippen LogP contribution in [0.25, 0.3) is 0 Å². The average molecular weight is 1450 g/mol. The number of carbonyl (C=O) groups is 3. The number of carboxylic acids is 3. The second kappa shape index (κ2) is 36.5. The van der Waals surface area contributed by atoms with Crippen molar-refractivity contribution in [1.29, 1.82) is 0 Å². The minimum atomic E-state index is -4.34. The van der Waals surface area contributed by atoms with Gasteiger partial charge in [0, 0.05) is 12.1 Å². The van der Waals surface area contributed by atoms with Crippen LogP contribution in [-0.4, -0.2) is 33.2 Å². The van der Waals surface area contributed by atoms with Gasteiger partial charge in [-0.15, -0.1) is 0 Å². The van der Waals surface area contributed by atoms with Crippen LogP contribution in [0.2, 0.25) is 0 Å². The number of aryl methyl sites for hydroxylation is 1. The number of carboxylic acid groups (broad SMARTS) is 3. The molecule has 0 aromatic heterocycles. The summed E-state index contributed by atoms with van der Waals surface area (Å²) in [5.74, 6) is -24.9. The maximum absolute atomic E-state index is 14.3. The van der Waals surface area contributed by atoms with Gasteiger partial charge in [0.25, 0.3) is 0 Å². The van der Waals surface area contributed by atoms with E-state index >= 15 is 0 Å². The molecule has 0 heterocycles. The van der Waals surface area contributed by atoms with E-state index in [9.17, 15) is 82.4 Å². The van der Waals surface area contributed by atoms with Crippen molar-refractivity contribution in [3.8, 4) is 17.2 Å². The van der Waals surface area contributed by atoms with Crippen LogP contribution < -0.4 is 15.3 Å². The Morgan fingerprint density at radius 3 is 0.842 bits per heavy atom. The molecule has 0 amide bonds. The Balaban J connectivity index is 0.000000178. The van der Waals surface area contributed by atoms with Gasteiger partial charge in [0.05, 0.1) is 44.0 Å². The van der Waals surface area contributed by atoms with Crippen LogP contribution in [0.4, 0.5) is 52.7 Å². The van der Waals surface area contributed by atoms with Crippen LogP contribution in [0, 0.1) is 59.3 Å². The maximum atomic E-state index is 14.3. The van der Waals surface area contributed by atoms with Crippen molar-refractivity contribution in [1.82, 2.24) is 0 Å². The molecule has 12 aromatic rings. The number of halogens is 12. The van der Waals surface area contributed by atoms with Crippen LogP contribution in [0.15, 0.2) is 323 Å². The zero-order valence-electron chi connectivity index (χ0n) is 52.1. The highest BCUT2D eigenvalue weighted by molar-refractivity contribution is 7.97. The Labute approximate surface area is 578 Å². The lowest BCUT2D eigenvalue weighted by Crippen LogP contribution is -2.17. The monoisotopic (exact) mass is 1440 g/mol. The second-order valence-electron chi connectivity index (χ2n) is 20.4. The fourth-order valence-electron chi connectivity index (χ4n) is 8.93. The number of rotatable bonds is 12. The summed E-state index contributed by atoms with van der Waals surface area (Å²) in [6, 6.07) is 78.8. The summed E-state index contributed by atoms with van der Waals surface area (Å²) in [7, 11) is -3.11. The van der Waals surface area contributed by atoms with Gasteiger partial charge in [0.1, 0.15) is 10.9 Å². The average Bonchev–Trinajstić information content (AvgIpc) is 0.757. The largest absolute Gasteiger partial charge is 0.872 e. The van der Waals surface area contributed by atoms with Crippen LogP contribution in [0.3, 0.4) is 0 Å². The van der Waals surface area contributed by atoms with E-state index in [1.807, 2.05) is 66.7 Å². The Morgan fingerprint density at radius 2 is 0.564 bits per heavy atom. The van der Waals surface area contributed by atoms with Crippen LogP contribution >= 0.6 is 0 Å². The van der Waals surface area contributed by atoms with Gasteiger partial charge < -0.3 is 30.6 Å². The molecule has 12 rings (SSSR count). The third-order valence-electron chi connectivity index (χ3n) is 13.5. The Hall–Kier alpha value is -11.3. The normalized spacial score (nSPS) is 10.9. The summed E-state index contributed by atoms with van der Waals surface area (Å²) >= 11 is 0. The molecule has 24 heteroatoms. The zero-order chi connectivity index (χ0) is 73.5. The molecule has 1 atom stereocenters. The van der Waals surface area contributed by atoms with Crippen molar-refractivity contribution in [3.63, 3.8) is 0 Å². The smallest absolute Gasteiger partial charge is 0.416 e. The molecule has 0 aliphatic rings. The van der Waals surface area contributed by atoms with Gasteiger partial charge in [-0.05, 0) is 116 Å². The minimum absolute atomic E-state index is 0.0146. The van der Waals surface area contributed by atoms with Crippen molar-refractivity contribution in [2.24, 2.45) is 0 Å². The number of aromatic carboxylic acids is 3. The highest BCUT2D eigenvalue weighted by Gasteiger charge is 2.44. The lowest BCUT2D eigenvalue weighted by Gasteiger charge is -2.12. The van der Waals surface area contributed by atoms with E-state index in [0.29, 0.717) is 10.5 Å². The topological polar surface area (TPSA) is 181 Å². The summed E-state index contributed by atoms with van der Waals surface area (Å²) in [5, 5.41) is 57.1. The van der Waals surface area contributed by atoms with E-state index in [-0.39, 0.29) is 38.5 Å². The minimum Gasteiger partial charge on any atom is -0.872 e. The number of benzene rings is 12. The van der Waals surface area contributed by atoms with Gasteiger partial charge in [-0.25, -0.2) is 40.7 Å². The van der Waals surface area contributed by atoms with Crippen molar-refractivity contribution in [2.45, 2.75) is 57.2 Å². The van der Waals surface area contributed by atoms with E-state index in [0.717, 1.165) is 21.9 Å². The van der Waals surface area contributed by atoms with Crippen molar-refractivity contribution >= 4 is 50.6 Å². The first-order valence-electron chi connectivity index (χ1n) is 29.3. The third kappa shape index (κ3) is 20.6. The first-order valence-corrected chi connectivity index (χ1v) is 32.9. The van der Waals surface area contributed by atoms with Gasteiger partial charge in [0.2, 0.25) is 50.5 Å². The second-order valence-corrected chi connectivity index (χ2v) is 26.4. The molecule has 0 spiro atoms. The lowest BCUT2D eigenvalue weighted by atomic mass is 10.1. The third-order valence-corrected chi connectivity index (χ3v) is 20.2. The van der Waals surface area contributed by atoms with Crippen LogP contribution in [-0.2, 0) is 38.9 Å². The van der Waals surface area contributed by atoms with Crippen molar-refractivity contribution in [3.05, 3.63) is 359 Å². The highest BCUT2D eigenvalue weighted by Crippen LogP contribution is 2.41. The number of para-hydroxylation sites is 3. The van der Waals surface area contributed by atoms with Crippen molar-refractivity contribution in [2.75, 3.05) is 0 Å². The van der Waals surface area contributed by atoms with E-state index in [2.05, 4.69) is 91.0 Å². The van der Waals surface area contributed by atoms with E-state index in [1.165, 1.54) is 118 Å². The zero-order valence-corrected chi connectivity index (χ0v) is 54.6. The molecule has 0 bridgehead atoms. The molecule has 0 aliphatic heterocycles. The van der Waals surface area contributed by atoms with Gasteiger partial charge in [-0.3, -0.25) is 0 Å². The molecule has 0 saturated heterocycles. The van der Waals surface area contributed by atoms with Gasteiger partial charge >= 0.3 is 24.1 Å². The molecule has 0 radical (unpaired) electrons. The van der Waals surface area contributed by atoms with Gasteiger partial charge in [0.15, 0.2) is 45.9 Å². The molecule has 1 unspecified atom stereocenters. The predicted octanol–water partition coefficient (Wildman–Crippen LogP) is 18.3. The first-order chi connectivity index (χ1) is 48.2. The molecular weight excluding hydrogens is 1390 g/mol. The number of alkyl halides is 3. The van der Waals surface area contributed by atoms with Crippen LogP contribution in [0.5, 0.6) is 17.2 Å². The molecular formula is C77H52F12O9S3. The Bertz CT molecular complexity index is 4450. The van der Waals surface area contributed by atoms with Gasteiger partial charge in [-0.2, -0.15) is 26.3 Å². The SMILES string of the molecule is Cc1cc([S+](c2ccccc2)c2ccccc2)cc(C(F)(F)F)c1.Fc1cc([S+](c2ccccc2)c2c(F)c(F)c(F)c(F)c2F)c(F)c(F)c1F.O=C(O)c1ccccc1[O-].O=C(O)c1ccccc1[O-].O=C(O)c1ccccc1[O-].c1ccc([S+](c2ccccc2)c2ccccc2)cc1. The molecule has 0 saturated carbocycles. The van der Waals surface area contributed by atoms with E-state index < -0.39 is 131 Å². The maximum Gasteiger partial charge on any atom is 0.416 e. The fraction of sp³-hybridized carbons (Fsp3) is 0.0260. The molecule has 3 N–H and O–H groups in total. The Morgan fingerprint density at radius 1 is 0.307 bits per heavy atom. The molecule has 101 heavy (non-hydrogen) atoms. The standard InChI is InChI=1S/C20H16F3S.C18H6F9S.C18H15S.3C7H6O3/c1-15-12-16(20(21,22)23)14-19(13-15)24(17-8-4-2-5-9-17)18-10-6-3-7-11-18;19-8-6-9(11(21)12(22)10(8)20)28(7-4-2-1-3-5-7)18-16(26)14(24)13(23)15(25)17(18)27;1-4-10-16(11-5-1)19(17-12-6-2-7-13-17)18-14-8-3-9-15-18;3*8-6-4-2-1-3-5(6)7(9)10/h2-14H,1H3;1-6H;1-15H;3*1-4,8H,(H,9,10)/q3*+1;;;/p-3. The number of hydrogen-bond acceptors (Lipinski definition) is 6. The van der Waals surface area contributed by atoms with Crippen molar-refractivity contribution < 1.29 is 97.7 Å². The number of hydrogen-bond donors (Lipinski definition) is 3. The van der Waals surface area contributed by atoms with E-state index in [4.69, 9.17) is 15.3 Å². The van der Waals surface area contributed by atoms with Gasteiger partial charge in [-0.1, -0.05) is 181 Å². The highest BCUT2D eigenvalue weighted by atomic mass is 32.2. The molecule has 0 fully saturated rings. The quantitative estimate of drug-likeness (QED) is 0.0464. The lowest BCUT2D eigenvalue weighted by molar-refractivity contribution is -0.269. The fourth-order valence-corrected chi connectivity index (χ4v) is 15.4. The predicted molar refractivity (Wildman–Crippen MR) is 352 cm³/mol. The summed E-state index contributed by atoms with van der Waals surface area (Å²) in [5.41, 5.74) is -0.515. The molecule has 9 nitrogen and oxygen atoms in total. The molecule has 0 aliphatic carbocycles. The molecule has 12 aromatic carbocycles. The summed E-state index contributed by atoms with van der Waals surface area (Å²) < 4.78 is 164. The summed E-state index contributed by atoms with van der Waals surface area (Å²) in [6.07, 6.45) is -4.34. The summed E-state index contributed by atoms with van der Waals surface area (Å²) in [4.78, 5) is 34.6. The first kappa shape index (κ1) is 77.0. The molecule has 516 valence electrons. The van der Waals surface area contributed by atoms with E-state index in [1.54, 1.807) is 6.92 Å². The van der Waals surface area contributed by atoms with Crippen LogP contribution in [0.1, 0.15) is 42.2 Å². The summed E-state index contributed by atoms with van der Waals surface area (Å²) in [6.45, 7) is 1.70.